The summed E-state index contributed by atoms with van der Waals surface area (Å²) in [5, 5.41) is 18.2. The smallest absolute Gasteiger partial charge is 0.261 e. The summed E-state index contributed by atoms with van der Waals surface area (Å²) in [6, 6.07) is 13.6. The maximum atomic E-state index is 13.2. The molecule has 34 heavy (non-hydrogen) atoms. The first-order chi connectivity index (χ1) is 16.3. The van der Waals surface area contributed by atoms with Gasteiger partial charge < -0.3 is 19.9 Å². The number of aliphatic hydroxyl groups excluding tert-OH is 1. The first kappa shape index (κ1) is 23.5. The molecule has 1 fully saturated rings. The minimum atomic E-state index is -0.167. The summed E-state index contributed by atoms with van der Waals surface area (Å²) in [7, 11) is 1.91. The van der Waals surface area contributed by atoms with Gasteiger partial charge in [0.25, 0.3) is 5.56 Å². The van der Waals surface area contributed by atoms with Crippen LogP contribution in [-0.2, 0) is 18.4 Å². The molecule has 1 amide bonds. The van der Waals surface area contributed by atoms with E-state index in [0.717, 1.165) is 53.6 Å². The first-order valence-electron chi connectivity index (χ1n) is 11.6. The number of aromatic nitrogens is 3. The fourth-order valence-corrected chi connectivity index (χ4v) is 4.17. The van der Waals surface area contributed by atoms with Crippen molar-refractivity contribution in [1.29, 1.82) is 0 Å². The number of carbonyl (C=O) groups excluding carboxylic acids is 1. The quantitative estimate of drug-likeness (QED) is 0.484. The maximum Gasteiger partial charge on any atom is 0.261 e. The third kappa shape index (κ3) is 5.12. The van der Waals surface area contributed by atoms with Gasteiger partial charge in [0.2, 0.25) is 5.91 Å². The monoisotopic (exact) mass is 461 g/mol. The van der Waals surface area contributed by atoms with E-state index in [9.17, 15) is 9.59 Å². The highest BCUT2D eigenvalue weighted by atomic mass is 16.3. The number of fused-ring (bicyclic) bond motifs is 2. The summed E-state index contributed by atoms with van der Waals surface area (Å²) in [6.45, 7) is 5.08. The summed E-state index contributed by atoms with van der Waals surface area (Å²) in [5.41, 5.74) is 2.49. The molecular weight excluding hydrogens is 430 g/mol. The predicted molar refractivity (Wildman–Crippen MR) is 135 cm³/mol. The standard InChI is InChI=1S/C23H23N5O2.C3H8O/c1-26-20-8-7-18(13-17(20)14-24-26)25-19-6-4-5-16-9-12-28(23(30)22(16)19)15-21(29)27-10-2-3-11-27;1-3(2)4/h4-9,12-14,25H,2-3,10-11,15H2,1H3;3-4H,1-2H3. The van der Waals surface area contributed by atoms with Crippen molar-refractivity contribution in [3.63, 3.8) is 0 Å². The molecule has 5 rings (SSSR count). The molecule has 0 atom stereocenters. The van der Waals surface area contributed by atoms with Crippen LogP contribution in [0.5, 0.6) is 0 Å². The second kappa shape index (κ2) is 10.1. The van der Waals surface area contributed by atoms with Gasteiger partial charge in [-0.15, -0.1) is 0 Å². The van der Waals surface area contributed by atoms with Gasteiger partial charge in [-0.2, -0.15) is 5.10 Å². The van der Waals surface area contributed by atoms with Gasteiger partial charge >= 0.3 is 0 Å². The molecule has 178 valence electrons. The van der Waals surface area contributed by atoms with E-state index in [1.165, 1.54) is 4.57 Å². The van der Waals surface area contributed by atoms with E-state index in [4.69, 9.17) is 5.11 Å². The fraction of sp³-hybridized carbons (Fsp3) is 0.346. The first-order valence-corrected chi connectivity index (χ1v) is 11.6. The third-order valence-electron chi connectivity index (χ3n) is 5.80. The van der Waals surface area contributed by atoms with Crippen molar-refractivity contribution >= 4 is 39.0 Å². The van der Waals surface area contributed by atoms with Crippen LogP contribution in [0.3, 0.4) is 0 Å². The molecule has 0 spiro atoms. The van der Waals surface area contributed by atoms with E-state index in [1.54, 1.807) is 20.0 Å². The van der Waals surface area contributed by atoms with Gasteiger partial charge in [-0.3, -0.25) is 14.3 Å². The Morgan fingerprint density at radius 2 is 1.85 bits per heavy atom. The topological polar surface area (TPSA) is 92.4 Å². The van der Waals surface area contributed by atoms with Crippen LogP contribution in [0.2, 0.25) is 0 Å². The SMILES string of the molecule is CC(C)O.Cn1ncc2cc(Nc3cccc4ccn(CC(=O)N5CCCC5)c(=O)c34)ccc21. The van der Waals surface area contributed by atoms with Crippen molar-refractivity contribution in [2.75, 3.05) is 18.4 Å². The van der Waals surface area contributed by atoms with Crippen LogP contribution in [0, 0.1) is 0 Å². The lowest BCUT2D eigenvalue weighted by atomic mass is 10.1. The second-order valence-electron chi connectivity index (χ2n) is 8.87. The van der Waals surface area contributed by atoms with Crippen molar-refractivity contribution in [1.82, 2.24) is 19.2 Å². The number of hydrogen-bond donors (Lipinski definition) is 2. The molecule has 1 saturated heterocycles. The van der Waals surface area contributed by atoms with Crippen molar-refractivity contribution in [3.05, 3.63) is 65.2 Å². The minimum absolute atomic E-state index is 0.00131. The Labute approximate surface area is 198 Å². The molecule has 2 aromatic carbocycles. The number of carbonyl (C=O) groups is 1. The zero-order chi connectivity index (χ0) is 24.2. The van der Waals surface area contributed by atoms with Gasteiger partial charge in [0.15, 0.2) is 0 Å². The van der Waals surface area contributed by atoms with Crippen molar-refractivity contribution in [2.24, 2.45) is 7.05 Å². The molecule has 8 heteroatoms. The maximum absolute atomic E-state index is 13.2. The number of amides is 1. The zero-order valence-corrected chi connectivity index (χ0v) is 19.9. The Balaban J connectivity index is 0.000000636. The number of anilines is 2. The van der Waals surface area contributed by atoms with Crippen molar-refractivity contribution in [3.8, 4) is 0 Å². The van der Waals surface area contributed by atoms with Crippen molar-refractivity contribution in [2.45, 2.75) is 39.3 Å². The van der Waals surface area contributed by atoms with Gasteiger partial charge in [-0.05, 0) is 62.4 Å². The van der Waals surface area contributed by atoms with Crippen LogP contribution in [0.25, 0.3) is 21.7 Å². The van der Waals surface area contributed by atoms with Crippen LogP contribution in [0.1, 0.15) is 26.7 Å². The van der Waals surface area contributed by atoms with E-state index in [-0.39, 0.29) is 24.1 Å². The number of aryl methyl sites for hydroxylation is 1. The number of aliphatic hydroxyl groups is 1. The van der Waals surface area contributed by atoms with E-state index < -0.39 is 0 Å². The van der Waals surface area contributed by atoms with Gasteiger partial charge in [-0.25, -0.2) is 0 Å². The summed E-state index contributed by atoms with van der Waals surface area (Å²) in [4.78, 5) is 27.6. The van der Waals surface area contributed by atoms with Gasteiger partial charge in [0.1, 0.15) is 6.54 Å². The highest BCUT2D eigenvalue weighted by molar-refractivity contribution is 5.95. The van der Waals surface area contributed by atoms with Crippen LogP contribution in [-0.4, -0.2) is 49.5 Å². The van der Waals surface area contributed by atoms with Crippen LogP contribution in [0.4, 0.5) is 11.4 Å². The van der Waals surface area contributed by atoms with Crippen LogP contribution >= 0.6 is 0 Å². The molecule has 2 N–H and O–H groups in total. The number of rotatable bonds is 4. The van der Waals surface area contributed by atoms with E-state index in [2.05, 4.69) is 10.4 Å². The predicted octanol–water partition coefficient (Wildman–Crippen LogP) is 3.64. The normalized spacial score (nSPS) is 13.4. The van der Waals surface area contributed by atoms with Gasteiger partial charge in [-0.1, -0.05) is 12.1 Å². The average Bonchev–Trinajstić information content (AvgIpc) is 3.46. The van der Waals surface area contributed by atoms with Gasteiger partial charge in [0, 0.05) is 43.5 Å². The van der Waals surface area contributed by atoms with Crippen LogP contribution < -0.4 is 10.9 Å². The molecule has 2 aromatic heterocycles. The lowest BCUT2D eigenvalue weighted by molar-refractivity contribution is -0.130. The minimum Gasteiger partial charge on any atom is -0.394 e. The highest BCUT2D eigenvalue weighted by Gasteiger charge is 2.19. The van der Waals surface area contributed by atoms with E-state index in [0.29, 0.717) is 5.39 Å². The number of likely N-dealkylation sites (tertiary alicyclic amines) is 1. The summed E-state index contributed by atoms with van der Waals surface area (Å²) in [6.07, 6.45) is 5.44. The molecule has 1 aliphatic rings. The Hall–Kier alpha value is -3.65. The molecule has 0 saturated carbocycles. The average molecular weight is 462 g/mol. The molecule has 0 unspecified atom stereocenters. The molecule has 0 radical (unpaired) electrons. The lowest BCUT2D eigenvalue weighted by Crippen LogP contribution is -2.34. The number of benzene rings is 2. The molecule has 0 bridgehead atoms. The highest BCUT2D eigenvalue weighted by Crippen LogP contribution is 2.26. The van der Waals surface area contributed by atoms with E-state index >= 15 is 0 Å². The summed E-state index contributed by atoms with van der Waals surface area (Å²) < 4.78 is 3.34. The Morgan fingerprint density at radius 3 is 2.59 bits per heavy atom. The Kier molecular flexibility index (Phi) is 6.98. The molecule has 0 aliphatic carbocycles. The summed E-state index contributed by atoms with van der Waals surface area (Å²) in [5.74, 6) is 0.00131. The molecule has 1 aliphatic heterocycles. The molecule has 4 aromatic rings. The molecule has 8 nitrogen and oxygen atoms in total. The molecule has 3 heterocycles. The number of pyridine rings is 1. The fourth-order valence-electron chi connectivity index (χ4n) is 4.17. The number of nitrogens with one attached hydrogen (secondary N) is 1. The summed E-state index contributed by atoms with van der Waals surface area (Å²) >= 11 is 0. The zero-order valence-electron chi connectivity index (χ0n) is 19.9. The van der Waals surface area contributed by atoms with E-state index in [1.807, 2.05) is 65.3 Å². The number of hydrogen-bond acceptors (Lipinski definition) is 5. The lowest BCUT2D eigenvalue weighted by Gasteiger charge is -2.17. The Morgan fingerprint density at radius 1 is 1.12 bits per heavy atom. The largest absolute Gasteiger partial charge is 0.394 e. The Bertz CT molecular complexity index is 1360. The molecular formula is C26H31N5O3. The van der Waals surface area contributed by atoms with Gasteiger partial charge in [0.05, 0.1) is 22.8 Å². The second-order valence-corrected chi connectivity index (χ2v) is 8.87. The number of nitrogens with zero attached hydrogens (tertiary/aromatic N) is 4. The third-order valence-corrected chi connectivity index (χ3v) is 5.80. The van der Waals surface area contributed by atoms with Crippen molar-refractivity contribution < 1.29 is 9.90 Å². The van der Waals surface area contributed by atoms with Crippen LogP contribution in [0.15, 0.2) is 59.7 Å².